The summed E-state index contributed by atoms with van der Waals surface area (Å²) in [6.45, 7) is 0. The minimum atomic E-state index is 0. The summed E-state index contributed by atoms with van der Waals surface area (Å²) in [6, 6.07) is 0. The molecule has 0 aliphatic rings. The molecule has 0 aliphatic heterocycles. The molecule has 0 radical (unpaired) electrons. The topological polar surface area (TPSA) is 61.4 Å². The molecule has 0 atom stereocenters. The molecule has 17 heavy (non-hydrogen) atoms. The second-order valence-electron chi connectivity index (χ2n) is 2.21. The maximum absolute atomic E-state index is 4.59. The number of hydrogen-bond acceptors (Lipinski definition) is 8. The Balaban J connectivity index is 0.000000284. The zero-order chi connectivity index (χ0) is 12.0. The quantitative estimate of drug-likeness (QED) is 0.368. The molecule has 6 nitrogen and oxygen atoms in total. The molecule has 0 amide bonds. The van der Waals surface area contributed by atoms with Gasteiger partial charge < -0.3 is 49.7 Å². The van der Waals surface area contributed by atoms with E-state index in [1.54, 1.807) is 0 Å². The molecule has 0 fully saturated rings. The second-order valence-corrected chi connectivity index (χ2v) is 4.28. The maximum atomic E-state index is 4.59. The van der Waals surface area contributed by atoms with E-state index in [2.05, 4.69) is 69.9 Å². The van der Waals surface area contributed by atoms with E-state index in [-0.39, 0.29) is 23.1 Å². The number of nitrogens with zero attached hydrogens (tertiary/aromatic N) is 6. The first-order valence-electron chi connectivity index (χ1n) is 3.73. The minimum absolute atomic E-state index is 0. The van der Waals surface area contributed by atoms with Gasteiger partial charge in [-0.1, -0.05) is 0 Å². The number of aromatic nitrogens is 6. The molecular weight excluding hydrogens is 309 g/mol. The van der Waals surface area contributed by atoms with Crippen LogP contribution < -0.4 is 0 Å². The van der Waals surface area contributed by atoms with Gasteiger partial charge in [0.05, 0.1) is 0 Å². The Labute approximate surface area is 135 Å². The van der Waals surface area contributed by atoms with Gasteiger partial charge in [-0.2, -0.15) is 10.2 Å². The predicted molar refractivity (Wildman–Crippen MR) is 76.5 cm³/mol. The van der Waals surface area contributed by atoms with Gasteiger partial charge in [0.1, 0.15) is 25.3 Å². The predicted octanol–water partition coefficient (Wildman–Crippen LogP) is -0.465. The fraction of sp³-hybridized carbons (Fsp3) is 0. The Morgan fingerprint density at radius 1 is 0.882 bits per heavy atom. The number of rotatable bonds is 0. The smallest absolute Gasteiger partial charge is 0.409 e. The molecule has 0 aromatic carbocycles. The van der Waals surface area contributed by atoms with Crippen molar-refractivity contribution in [3.05, 3.63) is 25.3 Å². The van der Waals surface area contributed by atoms with Gasteiger partial charge in [-0.15, -0.1) is 0 Å². The van der Waals surface area contributed by atoms with Crippen molar-refractivity contribution in [3.8, 4) is 0 Å². The van der Waals surface area contributed by atoms with Gasteiger partial charge in [0.2, 0.25) is 0 Å². The molecule has 0 unspecified atom stereocenters. The molecule has 11 heteroatoms. The fourth-order valence-corrected chi connectivity index (χ4v) is 0.982. The fourth-order valence-electron chi connectivity index (χ4n) is 0.605. The van der Waals surface area contributed by atoms with E-state index < -0.39 is 0 Å². The van der Waals surface area contributed by atoms with E-state index in [0.717, 1.165) is 0 Å². The van der Waals surface area contributed by atoms with Crippen LogP contribution in [0.3, 0.4) is 0 Å². The molecule has 0 spiro atoms. The van der Waals surface area contributed by atoms with Crippen molar-refractivity contribution in [3.63, 3.8) is 0 Å². The van der Waals surface area contributed by atoms with Crippen molar-refractivity contribution >= 4 is 81.4 Å². The average molecular weight is 313 g/mol. The first-order valence-corrected chi connectivity index (χ1v) is 5.36. The summed E-state index contributed by atoms with van der Waals surface area (Å²) in [5.74, 6) is 0. The first-order chi connectivity index (χ1) is 7.61. The molecule has 2 rings (SSSR count). The molecule has 0 saturated heterocycles. The van der Waals surface area contributed by atoms with Crippen LogP contribution in [0.25, 0.3) is 0 Å². The van der Waals surface area contributed by atoms with Gasteiger partial charge in [0, 0.05) is 0 Å². The number of hydrogen-bond donors (Lipinski definition) is 0. The summed E-state index contributed by atoms with van der Waals surface area (Å²) < 4.78 is 3.29. The normalized spacial score (nSPS) is 8.47. The van der Waals surface area contributed by atoms with Gasteiger partial charge in [-0.25, -0.2) is 19.3 Å². The van der Waals surface area contributed by atoms with E-state index in [0.29, 0.717) is 8.64 Å². The van der Waals surface area contributed by atoms with Crippen LogP contribution in [-0.2, 0) is 25.3 Å². The molecule has 0 aliphatic carbocycles. The van der Waals surface area contributed by atoms with Crippen molar-refractivity contribution < 1.29 is 0 Å². The van der Waals surface area contributed by atoms with Crippen molar-refractivity contribution in [2.45, 2.75) is 0 Å². The minimum Gasteiger partial charge on any atom is -0.409 e. The standard InChI is InChI=1S/2C3H3N3S2.Mg/c2*7-3(8)6-2-4-1-5-6;/h2*1-2H,(H,7,8);/q;;+2/p-2. The Hall–Kier alpha value is -0.334. The molecular formula is C6H4MgN6S4. The Morgan fingerprint density at radius 2 is 1.24 bits per heavy atom. The van der Waals surface area contributed by atoms with Crippen molar-refractivity contribution in [1.29, 1.82) is 0 Å². The zero-order valence-corrected chi connectivity index (χ0v) is 13.0. The van der Waals surface area contributed by atoms with Crippen molar-refractivity contribution in [2.24, 2.45) is 0 Å². The van der Waals surface area contributed by atoms with Gasteiger partial charge in [0.25, 0.3) is 0 Å². The summed E-state index contributed by atoms with van der Waals surface area (Å²) in [7, 11) is 0. The number of thiocarbonyl (C=S) groups is 2. The molecule has 2 heterocycles. The largest absolute Gasteiger partial charge is 2.00 e. The Kier molecular flexibility index (Phi) is 8.54. The van der Waals surface area contributed by atoms with Crippen LogP contribution >= 0.6 is 24.4 Å². The molecule has 2 aromatic rings. The summed E-state index contributed by atoms with van der Waals surface area (Å²) in [4.78, 5) is 7.28. The zero-order valence-electron chi connectivity index (χ0n) is 8.33. The molecule has 0 bridgehead atoms. The molecule has 84 valence electrons. The van der Waals surface area contributed by atoms with Crippen molar-refractivity contribution in [2.75, 3.05) is 0 Å². The van der Waals surface area contributed by atoms with Crippen LogP contribution in [0.2, 0.25) is 0 Å². The van der Waals surface area contributed by atoms with Gasteiger partial charge in [-0.05, 0) is 8.64 Å². The van der Waals surface area contributed by atoms with Crippen LogP contribution in [0.15, 0.2) is 25.3 Å². The average Bonchev–Trinajstić information content (AvgIpc) is 2.93. The summed E-state index contributed by atoms with van der Waals surface area (Å²) in [6.07, 6.45) is 5.71. The molecule has 0 N–H and O–H groups in total. The van der Waals surface area contributed by atoms with Crippen LogP contribution in [0.5, 0.6) is 0 Å². The Bertz CT molecular complexity index is 411. The van der Waals surface area contributed by atoms with E-state index in [1.807, 2.05) is 0 Å². The SMILES string of the molecule is S=C([S-])n1cncn1.S=C([S-])n1cncn1.[Mg+2]. The molecule has 2 aromatic heterocycles. The van der Waals surface area contributed by atoms with Crippen LogP contribution in [0, 0.1) is 0 Å². The van der Waals surface area contributed by atoms with Gasteiger partial charge in [0.15, 0.2) is 0 Å². The monoisotopic (exact) mass is 312 g/mol. The third-order valence-electron chi connectivity index (χ3n) is 1.21. The van der Waals surface area contributed by atoms with E-state index >= 15 is 0 Å². The molecule has 0 saturated carbocycles. The second kappa shape index (κ2) is 8.71. The van der Waals surface area contributed by atoms with Gasteiger partial charge in [-0.3, -0.25) is 0 Å². The first kappa shape index (κ1) is 16.7. The van der Waals surface area contributed by atoms with Crippen LogP contribution in [0.4, 0.5) is 0 Å². The van der Waals surface area contributed by atoms with Crippen LogP contribution in [0.1, 0.15) is 0 Å². The van der Waals surface area contributed by atoms with E-state index in [1.165, 1.54) is 34.7 Å². The third kappa shape index (κ3) is 6.23. The summed E-state index contributed by atoms with van der Waals surface area (Å²) in [5.41, 5.74) is 0. The van der Waals surface area contributed by atoms with E-state index in [4.69, 9.17) is 0 Å². The van der Waals surface area contributed by atoms with Crippen LogP contribution in [-0.4, -0.2) is 61.2 Å². The van der Waals surface area contributed by atoms with E-state index in [9.17, 15) is 0 Å². The van der Waals surface area contributed by atoms with Gasteiger partial charge >= 0.3 is 23.1 Å². The summed E-state index contributed by atoms with van der Waals surface area (Å²) in [5, 5.41) is 7.35. The third-order valence-corrected chi connectivity index (χ3v) is 1.96. The van der Waals surface area contributed by atoms with Crippen molar-refractivity contribution in [1.82, 2.24) is 29.5 Å². The Morgan fingerprint density at radius 3 is 1.35 bits per heavy atom. The maximum Gasteiger partial charge on any atom is 2.00 e. The summed E-state index contributed by atoms with van der Waals surface area (Å²) >= 11 is 18.4.